The fourth-order valence-corrected chi connectivity index (χ4v) is 1.54. The van der Waals surface area contributed by atoms with Crippen molar-refractivity contribution in [3.8, 4) is 0 Å². The molecular formula is C14H16O4. The van der Waals surface area contributed by atoms with Crippen molar-refractivity contribution in [2.75, 3.05) is 14.2 Å². The van der Waals surface area contributed by atoms with E-state index >= 15 is 0 Å². The van der Waals surface area contributed by atoms with Gasteiger partial charge in [0.25, 0.3) is 0 Å². The van der Waals surface area contributed by atoms with Crippen LogP contribution in [0.15, 0.2) is 42.0 Å². The normalized spacial score (nSPS) is 11.3. The lowest BCUT2D eigenvalue weighted by atomic mass is 9.98. The Bertz CT molecular complexity index is 430. The Morgan fingerprint density at radius 3 is 2.00 bits per heavy atom. The van der Waals surface area contributed by atoms with Crippen LogP contribution in [0.4, 0.5) is 0 Å². The van der Waals surface area contributed by atoms with E-state index in [1.807, 2.05) is 37.3 Å². The molecule has 1 atom stereocenters. The molecule has 0 amide bonds. The van der Waals surface area contributed by atoms with E-state index in [0.717, 1.165) is 5.56 Å². The molecule has 4 nitrogen and oxygen atoms in total. The first kappa shape index (κ1) is 14.0. The van der Waals surface area contributed by atoms with Gasteiger partial charge in [-0.1, -0.05) is 43.3 Å². The second-order valence-electron chi connectivity index (χ2n) is 3.76. The third kappa shape index (κ3) is 3.45. The predicted molar refractivity (Wildman–Crippen MR) is 67.0 cm³/mol. The summed E-state index contributed by atoms with van der Waals surface area (Å²) in [5.41, 5.74) is 0.916. The van der Waals surface area contributed by atoms with Gasteiger partial charge in [0.2, 0.25) is 0 Å². The van der Waals surface area contributed by atoms with Gasteiger partial charge in [-0.15, -0.1) is 0 Å². The van der Waals surface area contributed by atoms with Crippen LogP contribution < -0.4 is 0 Å². The molecule has 0 saturated heterocycles. The van der Waals surface area contributed by atoms with E-state index in [9.17, 15) is 9.59 Å². The summed E-state index contributed by atoms with van der Waals surface area (Å²) >= 11 is 0. The molecule has 0 aromatic heterocycles. The minimum Gasteiger partial charge on any atom is -0.465 e. The zero-order valence-corrected chi connectivity index (χ0v) is 10.7. The van der Waals surface area contributed by atoms with E-state index in [4.69, 9.17) is 0 Å². The van der Waals surface area contributed by atoms with Crippen LogP contribution in [-0.2, 0) is 19.1 Å². The summed E-state index contributed by atoms with van der Waals surface area (Å²) < 4.78 is 9.13. The van der Waals surface area contributed by atoms with E-state index in [0.29, 0.717) is 0 Å². The highest BCUT2D eigenvalue weighted by Gasteiger charge is 2.20. The first-order chi connectivity index (χ1) is 8.60. The van der Waals surface area contributed by atoms with Crippen molar-refractivity contribution < 1.29 is 19.1 Å². The van der Waals surface area contributed by atoms with Crippen LogP contribution in [0.5, 0.6) is 0 Å². The molecule has 0 fully saturated rings. The number of methoxy groups -OCH3 is 2. The molecule has 18 heavy (non-hydrogen) atoms. The van der Waals surface area contributed by atoms with Gasteiger partial charge in [-0.3, -0.25) is 0 Å². The van der Waals surface area contributed by atoms with E-state index < -0.39 is 11.9 Å². The summed E-state index contributed by atoms with van der Waals surface area (Å²) in [6.45, 7) is 1.89. The summed E-state index contributed by atoms with van der Waals surface area (Å²) in [6.07, 6.45) is 1.55. The quantitative estimate of drug-likeness (QED) is 0.354. The van der Waals surface area contributed by atoms with Gasteiger partial charge in [-0.25, -0.2) is 9.59 Å². The Labute approximate surface area is 106 Å². The standard InChI is InChI=1S/C14H16O4/c1-10(11-7-5-4-6-8-11)9-12(13(15)17-2)14(16)18-3/h4-10H,1-3H3. The number of hydrogen-bond acceptors (Lipinski definition) is 4. The first-order valence-corrected chi connectivity index (χ1v) is 5.53. The molecule has 1 unspecified atom stereocenters. The number of allylic oxidation sites excluding steroid dienone is 1. The van der Waals surface area contributed by atoms with Crippen molar-refractivity contribution in [1.29, 1.82) is 0 Å². The third-order valence-corrected chi connectivity index (χ3v) is 2.55. The number of carbonyl (C=O) groups excluding carboxylic acids is 2. The van der Waals surface area contributed by atoms with Crippen LogP contribution in [0.1, 0.15) is 18.4 Å². The van der Waals surface area contributed by atoms with Crippen LogP contribution in [0.2, 0.25) is 0 Å². The van der Waals surface area contributed by atoms with Crippen LogP contribution >= 0.6 is 0 Å². The van der Waals surface area contributed by atoms with E-state index in [-0.39, 0.29) is 11.5 Å². The lowest BCUT2D eigenvalue weighted by Gasteiger charge is -2.09. The van der Waals surface area contributed by atoms with Gasteiger partial charge in [0.15, 0.2) is 0 Å². The molecule has 0 saturated carbocycles. The van der Waals surface area contributed by atoms with Crippen LogP contribution in [0, 0.1) is 0 Å². The number of carbonyl (C=O) groups is 2. The number of esters is 2. The van der Waals surface area contributed by atoms with Crippen molar-refractivity contribution in [2.45, 2.75) is 12.8 Å². The summed E-state index contributed by atoms with van der Waals surface area (Å²) in [5.74, 6) is -1.46. The van der Waals surface area contributed by atoms with E-state index in [1.165, 1.54) is 14.2 Å². The van der Waals surface area contributed by atoms with E-state index in [2.05, 4.69) is 9.47 Å². The van der Waals surface area contributed by atoms with Crippen molar-refractivity contribution in [1.82, 2.24) is 0 Å². The Morgan fingerprint density at radius 2 is 1.56 bits per heavy atom. The molecule has 0 spiro atoms. The second-order valence-corrected chi connectivity index (χ2v) is 3.76. The largest absolute Gasteiger partial charge is 0.465 e. The van der Waals surface area contributed by atoms with Crippen molar-refractivity contribution in [2.24, 2.45) is 0 Å². The molecule has 4 heteroatoms. The zero-order chi connectivity index (χ0) is 13.5. The Hall–Kier alpha value is -2.10. The molecule has 96 valence electrons. The van der Waals surface area contributed by atoms with Gasteiger partial charge >= 0.3 is 11.9 Å². The van der Waals surface area contributed by atoms with Gasteiger partial charge in [0.05, 0.1) is 14.2 Å². The molecule has 1 rings (SSSR count). The van der Waals surface area contributed by atoms with Gasteiger partial charge in [-0.05, 0) is 5.56 Å². The average Bonchev–Trinajstić information content (AvgIpc) is 2.43. The second kappa shape index (κ2) is 6.59. The number of hydrogen-bond donors (Lipinski definition) is 0. The summed E-state index contributed by atoms with van der Waals surface area (Å²) in [6, 6.07) is 9.55. The highest BCUT2D eigenvalue weighted by molar-refractivity contribution is 6.14. The summed E-state index contributed by atoms with van der Waals surface area (Å²) in [7, 11) is 2.46. The molecule has 0 bridgehead atoms. The van der Waals surface area contributed by atoms with Crippen LogP contribution in [-0.4, -0.2) is 26.2 Å². The Morgan fingerprint density at radius 1 is 1.06 bits per heavy atom. The molecule has 0 heterocycles. The molecule has 1 aromatic rings. The Balaban J connectivity index is 3.02. The molecule has 1 aromatic carbocycles. The van der Waals surface area contributed by atoms with Gasteiger partial charge in [0, 0.05) is 5.92 Å². The van der Waals surface area contributed by atoms with Gasteiger partial charge in [0.1, 0.15) is 5.57 Å². The smallest absolute Gasteiger partial charge is 0.344 e. The fraction of sp³-hybridized carbons (Fsp3) is 0.286. The van der Waals surface area contributed by atoms with Crippen LogP contribution in [0.25, 0.3) is 0 Å². The van der Waals surface area contributed by atoms with Gasteiger partial charge < -0.3 is 9.47 Å². The Kier molecular flexibility index (Phi) is 5.11. The fourth-order valence-electron chi connectivity index (χ4n) is 1.54. The van der Waals surface area contributed by atoms with Crippen molar-refractivity contribution in [3.05, 3.63) is 47.5 Å². The zero-order valence-electron chi connectivity index (χ0n) is 10.7. The molecular weight excluding hydrogens is 232 g/mol. The molecule has 0 radical (unpaired) electrons. The molecule has 0 aliphatic rings. The summed E-state index contributed by atoms with van der Waals surface area (Å²) in [5, 5.41) is 0. The lowest BCUT2D eigenvalue weighted by Crippen LogP contribution is -2.16. The molecule has 0 aliphatic carbocycles. The minimum absolute atomic E-state index is 0.0839. The van der Waals surface area contributed by atoms with Crippen molar-refractivity contribution in [3.63, 3.8) is 0 Å². The van der Waals surface area contributed by atoms with Crippen molar-refractivity contribution >= 4 is 11.9 Å². The highest BCUT2D eigenvalue weighted by atomic mass is 16.5. The SMILES string of the molecule is COC(=O)C(=CC(C)c1ccccc1)C(=O)OC. The minimum atomic E-state index is -0.690. The number of benzene rings is 1. The average molecular weight is 248 g/mol. The number of ether oxygens (including phenoxy) is 2. The lowest BCUT2D eigenvalue weighted by molar-refractivity contribution is -0.144. The van der Waals surface area contributed by atoms with E-state index in [1.54, 1.807) is 6.08 Å². The highest BCUT2D eigenvalue weighted by Crippen LogP contribution is 2.18. The molecule has 0 N–H and O–H groups in total. The monoisotopic (exact) mass is 248 g/mol. The maximum absolute atomic E-state index is 11.5. The van der Waals surface area contributed by atoms with Gasteiger partial charge in [-0.2, -0.15) is 0 Å². The predicted octanol–water partition coefficient (Wildman–Crippen LogP) is 2.06. The first-order valence-electron chi connectivity index (χ1n) is 5.53. The topological polar surface area (TPSA) is 52.6 Å². The molecule has 0 aliphatic heterocycles. The third-order valence-electron chi connectivity index (χ3n) is 2.55. The van der Waals surface area contributed by atoms with Crippen LogP contribution in [0.3, 0.4) is 0 Å². The maximum atomic E-state index is 11.5. The summed E-state index contributed by atoms with van der Waals surface area (Å²) in [4.78, 5) is 23.0. The maximum Gasteiger partial charge on any atom is 0.344 e. The number of rotatable bonds is 4.